The SMILES string of the molecule is C[N+]1(C(N)=S)CCN(c2ccc([N+](=O)[O-])cc2)CC1. The van der Waals surface area contributed by atoms with Gasteiger partial charge in [-0.05, 0) is 12.1 Å². The van der Waals surface area contributed by atoms with E-state index in [0.29, 0.717) is 9.60 Å². The summed E-state index contributed by atoms with van der Waals surface area (Å²) in [6.07, 6.45) is 0. The average molecular weight is 281 g/mol. The number of hydrogen-bond acceptors (Lipinski definition) is 4. The van der Waals surface area contributed by atoms with Crippen LogP contribution in [0.15, 0.2) is 24.3 Å². The van der Waals surface area contributed by atoms with Crippen LogP contribution in [0.2, 0.25) is 0 Å². The molecule has 1 aliphatic rings. The molecule has 0 spiro atoms. The van der Waals surface area contributed by atoms with E-state index in [9.17, 15) is 10.1 Å². The van der Waals surface area contributed by atoms with Crippen LogP contribution in [0.3, 0.4) is 0 Å². The van der Waals surface area contributed by atoms with Crippen molar-refractivity contribution in [3.63, 3.8) is 0 Å². The Labute approximate surface area is 117 Å². The molecule has 2 N–H and O–H groups in total. The topological polar surface area (TPSA) is 72.4 Å². The predicted molar refractivity (Wildman–Crippen MR) is 78.0 cm³/mol. The second kappa shape index (κ2) is 5.10. The van der Waals surface area contributed by atoms with Gasteiger partial charge in [0.1, 0.15) is 13.1 Å². The van der Waals surface area contributed by atoms with Gasteiger partial charge in [0.25, 0.3) is 10.8 Å². The largest absolute Gasteiger partial charge is 0.360 e. The Morgan fingerprint density at radius 3 is 2.32 bits per heavy atom. The third-order valence-electron chi connectivity index (χ3n) is 3.68. The first kappa shape index (κ1) is 13.7. The van der Waals surface area contributed by atoms with Crippen molar-refractivity contribution >= 4 is 28.7 Å². The lowest BCUT2D eigenvalue weighted by atomic mass is 10.2. The van der Waals surface area contributed by atoms with Crippen molar-refractivity contribution in [2.75, 3.05) is 38.1 Å². The molecule has 1 aliphatic heterocycles. The molecule has 2 rings (SSSR count). The Hall–Kier alpha value is -1.73. The Bertz CT molecular complexity index is 495. The summed E-state index contributed by atoms with van der Waals surface area (Å²) in [5, 5.41) is 11.1. The van der Waals surface area contributed by atoms with Crippen LogP contribution < -0.4 is 10.6 Å². The second-order valence-corrected chi connectivity index (χ2v) is 5.36. The van der Waals surface area contributed by atoms with E-state index in [1.54, 1.807) is 12.1 Å². The molecule has 19 heavy (non-hydrogen) atoms. The van der Waals surface area contributed by atoms with Crippen LogP contribution >= 0.6 is 12.2 Å². The second-order valence-electron chi connectivity index (χ2n) is 4.94. The van der Waals surface area contributed by atoms with Crippen LogP contribution in [0.1, 0.15) is 0 Å². The molecule has 1 aromatic carbocycles. The molecule has 0 saturated carbocycles. The smallest absolute Gasteiger partial charge is 0.269 e. The number of nitrogens with zero attached hydrogens (tertiary/aromatic N) is 3. The molecule has 0 radical (unpaired) electrons. The fourth-order valence-electron chi connectivity index (χ4n) is 2.17. The lowest BCUT2D eigenvalue weighted by molar-refractivity contribution is -0.820. The normalized spacial score (nSPS) is 18.1. The predicted octanol–water partition coefficient (Wildman–Crippen LogP) is 1.10. The molecule has 0 bridgehead atoms. The van der Waals surface area contributed by atoms with Gasteiger partial charge >= 0.3 is 0 Å². The van der Waals surface area contributed by atoms with E-state index >= 15 is 0 Å². The summed E-state index contributed by atoms with van der Waals surface area (Å²) in [5.41, 5.74) is 6.86. The fraction of sp³-hybridized carbons (Fsp3) is 0.417. The quantitative estimate of drug-likeness (QED) is 0.380. The zero-order chi connectivity index (χ0) is 14.0. The van der Waals surface area contributed by atoms with Gasteiger partial charge in [0.05, 0.1) is 25.1 Å². The zero-order valence-electron chi connectivity index (χ0n) is 10.8. The minimum atomic E-state index is -0.388. The van der Waals surface area contributed by atoms with E-state index in [1.807, 2.05) is 7.05 Å². The van der Waals surface area contributed by atoms with Crippen molar-refractivity contribution in [2.24, 2.45) is 5.73 Å². The third kappa shape index (κ3) is 2.82. The van der Waals surface area contributed by atoms with Crippen molar-refractivity contribution in [1.82, 2.24) is 0 Å². The van der Waals surface area contributed by atoms with E-state index in [1.165, 1.54) is 12.1 Å². The number of nitrogens with two attached hydrogens (primary N) is 1. The van der Waals surface area contributed by atoms with Gasteiger partial charge in [0, 0.05) is 30.0 Å². The summed E-state index contributed by atoms with van der Waals surface area (Å²) in [7, 11) is 2.04. The summed E-state index contributed by atoms with van der Waals surface area (Å²) in [6.45, 7) is 3.38. The van der Waals surface area contributed by atoms with Gasteiger partial charge in [0.2, 0.25) is 0 Å². The number of likely N-dealkylation sites (N-methyl/N-ethyl adjacent to an activating group) is 1. The van der Waals surface area contributed by atoms with Crippen molar-refractivity contribution < 1.29 is 9.41 Å². The zero-order valence-corrected chi connectivity index (χ0v) is 11.6. The van der Waals surface area contributed by atoms with Crippen LogP contribution in [-0.4, -0.2) is 47.7 Å². The highest BCUT2D eigenvalue weighted by Gasteiger charge is 2.31. The number of piperazine rings is 1. The fourth-order valence-corrected chi connectivity index (χ4v) is 2.35. The molecular formula is C12H17N4O2S+. The molecular weight excluding hydrogens is 264 g/mol. The van der Waals surface area contributed by atoms with Gasteiger partial charge < -0.3 is 10.6 Å². The van der Waals surface area contributed by atoms with Crippen molar-refractivity contribution in [1.29, 1.82) is 0 Å². The highest BCUT2D eigenvalue weighted by molar-refractivity contribution is 7.79. The first-order chi connectivity index (χ1) is 8.92. The maximum Gasteiger partial charge on any atom is 0.269 e. The number of rotatable bonds is 2. The molecule has 0 aromatic heterocycles. The van der Waals surface area contributed by atoms with Crippen LogP contribution in [0.25, 0.3) is 0 Å². The van der Waals surface area contributed by atoms with Crippen LogP contribution in [0.4, 0.5) is 11.4 Å². The molecule has 102 valence electrons. The summed E-state index contributed by atoms with van der Waals surface area (Å²) < 4.78 is 0.610. The van der Waals surface area contributed by atoms with Gasteiger partial charge in [-0.15, -0.1) is 0 Å². The maximum atomic E-state index is 10.6. The number of hydrogen-bond donors (Lipinski definition) is 1. The van der Waals surface area contributed by atoms with E-state index in [4.69, 9.17) is 18.0 Å². The standard InChI is InChI=1S/C12H16N4O2S/c1-16(12(13)19)8-6-14(7-9-16)10-2-4-11(5-3-10)15(17)18/h2-5H,6-9H2,1H3,(H-,13,19)/p+1. The minimum absolute atomic E-state index is 0.115. The maximum absolute atomic E-state index is 10.6. The van der Waals surface area contributed by atoms with Gasteiger partial charge in [-0.1, -0.05) is 0 Å². The molecule has 1 saturated heterocycles. The average Bonchev–Trinajstić information content (AvgIpc) is 2.39. The Morgan fingerprint density at radius 1 is 1.37 bits per heavy atom. The van der Waals surface area contributed by atoms with Gasteiger partial charge in [-0.3, -0.25) is 14.6 Å². The lowest BCUT2D eigenvalue weighted by Gasteiger charge is -2.41. The Morgan fingerprint density at radius 2 is 1.89 bits per heavy atom. The van der Waals surface area contributed by atoms with Crippen LogP contribution in [-0.2, 0) is 0 Å². The number of benzene rings is 1. The van der Waals surface area contributed by atoms with Crippen LogP contribution in [0.5, 0.6) is 0 Å². The molecule has 7 heteroatoms. The first-order valence-corrected chi connectivity index (χ1v) is 6.47. The molecule has 1 aromatic rings. The molecule has 0 unspecified atom stereocenters. The summed E-state index contributed by atoms with van der Waals surface area (Å²) in [5.74, 6) is 0. The number of thiocarbonyl (C=S) groups is 1. The molecule has 1 fully saturated rings. The number of anilines is 1. The van der Waals surface area contributed by atoms with Crippen molar-refractivity contribution in [3.05, 3.63) is 34.4 Å². The van der Waals surface area contributed by atoms with E-state index in [-0.39, 0.29) is 10.6 Å². The third-order valence-corrected chi connectivity index (χ3v) is 4.13. The Balaban J connectivity index is 2.05. The molecule has 0 atom stereocenters. The van der Waals surface area contributed by atoms with Gasteiger partial charge in [-0.2, -0.15) is 0 Å². The lowest BCUT2D eigenvalue weighted by Crippen LogP contribution is -2.62. The van der Waals surface area contributed by atoms with Crippen molar-refractivity contribution in [2.45, 2.75) is 0 Å². The molecule has 6 nitrogen and oxygen atoms in total. The number of non-ortho nitro benzene ring substituents is 1. The monoisotopic (exact) mass is 281 g/mol. The van der Waals surface area contributed by atoms with E-state index in [0.717, 1.165) is 31.9 Å². The van der Waals surface area contributed by atoms with E-state index in [2.05, 4.69) is 4.90 Å². The Kier molecular flexibility index (Phi) is 3.68. The molecule has 0 aliphatic carbocycles. The minimum Gasteiger partial charge on any atom is -0.360 e. The van der Waals surface area contributed by atoms with Crippen molar-refractivity contribution in [3.8, 4) is 0 Å². The first-order valence-electron chi connectivity index (χ1n) is 6.06. The van der Waals surface area contributed by atoms with Gasteiger partial charge in [-0.25, -0.2) is 0 Å². The summed E-state index contributed by atoms with van der Waals surface area (Å²) in [4.78, 5) is 12.4. The van der Waals surface area contributed by atoms with Gasteiger partial charge in [0.15, 0.2) is 0 Å². The number of nitro benzene ring substituents is 1. The number of quaternary nitrogens is 1. The van der Waals surface area contributed by atoms with Crippen LogP contribution in [0, 0.1) is 10.1 Å². The molecule has 0 amide bonds. The molecule has 1 heterocycles. The summed E-state index contributed by atoms with van der Waals surface area (Å²) >= 11 is 5.09. The summed E-state index contributed by atoms with van der Waals surface area (Å²) in [6, 6.07) is 6.64. The highest BCUT2D eigenvalue weighted by Crippen LogP contribution is 2.22. The highest BCUT2D eigenvalue weighted by atomic mass is 32.1. The van der Waals surface area contributed by atoms with E-state index < -0.39 is 0 Å². The number of nitro groups is 1.